The lowest BCUT2D eigenvalue weighted by atomic mass is 9.94. The number of carbonyl (C=O) groups excluding carboxylic acids is 1. The molecule has 1 aromatic carbocycles. The average molecular weight is 557 g/mol. The van der Waals surface area contributed by atoms with E-state index >= 15 is 0 Å². The molecule has 216 valence electrons. The normalized spacial score (nSPS) is 14.5. The van der Waals surface area contributed by atoms with Crippen molar-refractivity contribution >= 4 is 11.5 Å². The van der Waals surface area contributed by atoms with Gasteiger partial charge in [0.15, 0.2) is 5.76 Å². The monoisotopic (exact) mass is 556 g/mol. The van der Waals surface area contributed by atoms with Crippen LogP contribution >= 0.6 is 0 Å². The van der Waals surface area contributed by atoms with Crippen molar-refractivity contribution in [1.82, 2.24) is 24.9 Å². The van der Waals surface area contributed by atoms with Crippen LogP contribution in [-0.4, -0.2) is 76.6 Å². The van der Waals surface area contributed by atoms with E-state index in [9.17, 15) is 4.79 Å². The van der Waals surface area contributed by atoms with Crippen LogP contribution < -0.4 is 4.90 Å². The molecule has 5 rings (SSSR count). The Balaban J connectivity index is 1.27. The van der Waals surface area contributed by atoms with E-state index in [4.69, 9.17) is 9.15 Å². The zero-order chi connectivity index (χ0) is 29.0. The Hall–Kier alpha value is -3.82. The molecule has 9 nitrogen and oxygen atoms in total. The Kier molecular flexibility index (Phi) is 8.65. The summed E-state index contributed by atoms with van der Waals surface area (Å²) < 4.78 is 13.1. The number of rotatable bonds is 10. The molecule has 0 unspecified atom stereocenters. The van der Waals surface area contributed by atoms with Gasteiger partial charge in [-0.25, -0.2) is 4.68 Å². The fourth-order valence-corrected chi connectivity index (χ4v) is 5.00. The van der Waals surface area contributed by atoms with Gasteiger partial charge < -0.3 is 14.1 Å². The molecule has 0 atom stereocenters. The third-order valence-electron chi connectivity index (χ3n) is 7.51. The first-order valence-electron chi connectivity index (χ1n) is 14.4. The Morgan fingerprint density at radius 2 is 1.85 bits per heavy atom. The number of hydrogen-bond donors (Lipinski definition) is 0. The van der Waals surface area contributed by atoms with E-state index < -0.39 is 0 Å². The molecule has 0 bridgehead atoms. The van der Waals surface area contributed by atoms with Gasteiger partial charge in [-0.2, -0.15) is 0 Å². The van der Waals surface area contributed by atoms with Crippen molar-refractivity contribution in [3.8, 4) is 16.9 Å². The minimum Gasteiger partial charge on any atom is -0.457 e. The second-order valence-corrected chi connectivity index (χ2v) is 11.6. The van der Waals surface area contributed by atoms with Crippen LogP contribution in [0.15, 0.2) is 59.4 Å². The number of aryl methyl sites for hydroxylation is 1. The molecule has 3 aromatic heterocycles. The number of pyridine rings is 1. The largest absolute Gasteiger partial charge is 0.457 e. The van der Waals surface area contributed by atoms with E-state index in [1.807, 2.05) is 56.7 Å². The van der Waals surface area contributed by atoms with Crippen molar-refractivity contribution < 1.29 is 13.9 Å². The molecule has 0 spiro atoms. The number of aromatic nitrogens is 4. The van der Waals surface area contributed by atoms with Crippen molar-refractivity contribution in [3.05, 3.63) is 77.6 Å². The van der Waals surface area contributed by atoms with Crippen molar-refractivity contribution in [3.63, 3.8) is 0 Å². The molecule has 41 heavy (non-hydrogen) atoms. The second-order valence-electron chi connectivity index (χ2n) is 11.6. The lowest BCUT2D eigenvalue weighted by Gasteiger charge is -2.35. The molecule has 9 heteroatoms. The minimum atomic E-state index is -0.145. The standard InChI is InChI=1S/C32H40N6O3/c1-6-40-16-15-36-11-13-37(14-12-36)26-19-25(20-33-21-26)27-22-38(35-34-27)28-17-24(8-7-23(28)2)18-29(39)30-9-10-31(41-30)32(3,4)5/h7-10,17,19-22H,6,11-16,18H2,1-5H3. The molecule has 1 aliphatic rings. The van der Waals surface area contributed by atoms with E-state index in [0.717, 1.165) is 85.5 Å². The Morgan fingerprint density at radius 1 is 1.05 bits per heavy atom. The van der Waals surface area contributed by atoms with Gasteiger partial charge in [-0.15, -0.1) is 5.10 Å². The predicted octanol–water partition coefficient (Wildman–Crippen LogP) is 5.11. The fourth-order valence-electron chi connectivity index (χ4n) is 5.00. The highest BCUT2D eigenvalue weighted by Gasteiger charge is 2.21. The number of anilines is 1. The van der Waals surface area contributed by atoms with Gasteiger partial charge in [-0.3, -0.25) is 14.7 Å². The highest BCUT2D eigenvalue weighted by Crippen LogP contribution is 2.27. The summed E-state index contributed by atoms with van der Waals surface area (Å²) in [7, 11) is 0. The summed E-state index contributed by atoms with van der Waals surface area (Å²) in [4.78, 5) is 22.3. The van der Waals surface area contributed by atoms with Gasteiger partial charge in [-0.05, 0) is 49.2 Å². The molecule has 0 N–H and O–H groups in total. The van der Waals surface area contributed by atoms with Crippen LogP contribution in [0.25, 0.3) is 16.9 Å². The van der Waals surface area contributed by atoms with E-state index in [0.29, 0.717) is 5.76 Å². The summed E-state index contributed by atoms with van der Waals surface area (Å²) in [6.45, 7) is 16.7. The molecule has 1 aliphatic heterocycles. The van der Waals surface area contributed by atoms with Gasteiger partial charge >= 0.3 is 0 Å². The maximum atomic E-state index is 13.0. The summed E-state index contributed by atoms with van der Waals surface area (Å²) in [5, 5.41) is 8.88. The van der Waals surface area contributed by atoms with Gasteiger partial charge in [0, 0.05) is 62.9 Å². The van der Waals surface area contributed by atoms with E-state index in [2.05, 4.69) is 51.9 Å². The molecule has 4 aromatic rings. The Morgan fingerprint density at radius 3 is 2.59 bits per heavy atom. The van der Waals surface area contributed by atoms with Crippen LogP contribution in [0.1, 0.15) is 55.1 Å². The fraction of sp³-hybridized carbons (Fsp3) is 0.438. The number of carbonyl (C=O) groups is 1. The maximum absolute atomic E-state index is 13.0. The van der Waals surface area contributed by atoms with Crippen molar-refractivity contribution in [1.29, 1.82) is 0 Å². The molecular formula is C32H40N6O3. The molecule has 0 radical (unpaired) electrons. The van der Waals surface area contributed by atoms with Crippen LogP contribution in [0.2, 0.25) is 0 Å². The molecule has 1 fully saturated rings. The van der Waals surface area contributed by atoms with Crippen molar-refractivity contribution in [2.75, 3.05) is 50.8 Å². The topological polar surface area (TPSA) is 89.5 Å². The number of nitrogens with zero attached hydrogens (tertiary/aromatic N) is 6. The number of ketones is 1. The molecular weight excluding hydrogens is 516 g/mol. The Labute approximate surface area is 242 Å². The molecule has 1 saturated heterocycles. The predicted molar refractivity (Wildman–Crippen MR) is 160 cm³/mol. The lowest BCUT2D eigenvalue weighted by Crippen LogP contribution is -2.47. The zero-order valence-corrected chi connectivity index (χ0v) is 24.8. The zero-order valence-electron chi connectivity index (χ0n) is 24.8. The number of furan rings is 1. The maximum Gasteiger partial charge on any atom is 0.202 e. The SMILES string of the molecule is CCOCCN1CCN(c2cncc(-c3cn(-c4cc(CC(=O)c5ccc(C(C)(C)C)o5)ccc4C)nn3)c2)CC1. The van der Waals surface area contributed by atoms with Crippen molar-refractivity contribution in [2.45, 2.75) is 46.5 Å². The summed E-state index contributed by atoms with van der Waals surface area (Å²) in [5.41, 5.74) is 5.44. The van der Waals surface area contributed by atoms with Gasteiger partial charge in [0.1, 0.15) is 11.5 Å². The smallest absolute Gasteiger partial charge is 0.202 e. The van der Waals surface area contributed by atoms with E-state index in [1.54, 1.807) is 10.7 Å². The first kappa shape index (κ1) is 28.7. The van der Waals surface area contributed by atoms with Gasteiger partial charge in [-0.1, -0.05) is 38.1 Å². The van der Waals surface area contributed by atoms with Crippen LogP contribution in [0.4, 0.5) is 5.69 Å². The van der Waals surface area contributed by atoms with Crippen LogP contribution in [0.3, 0.4) is 0 Å². The van der Waals surface area contributed by atoms with Crippen LogP contribution in [0, 0.1) is 6.92 Å². The van der Waals surface area contributed by atoms with Crippen LogP contribution in [0.5, 0.6) is 0 Å². The summed E-state index contributed by atoms with van der Waals surface area (Å²) in [6, 6.07) is 11.8. The van der Waals surface area contributed by atoms with Crippen LogP contribution in [-0.2, 0) is 16.6 Å². The third kappa shape index (κ3) is 6.92. The van der Waals surface area contributed by atoms with E-state index in [1.165, 1.54) is 0 Å². The number of ether oxygens (including phenoxy) is 1. The minimum absolute atomic E-state index is 0.0485. The van der Waals surface area contributed by atoms with Gasteiger partial charge in [0.2, 0.25) is 5.78 Å². The molecule has 4 heterocycles. The van der Waals surface area contributed by atoms with E-state index in [-0.39, 0.29) is 17.6 Å². The first-order valence-corrected chi connectivity index (χ1v) is 14.4. The Bertz CT molecular complexity index is 1480. The summed E-state index contributed by atoms with van der Waals surface area (Å²) >= 11 is 0. The molecule has 0 saturated carbocycles. The van der Waals surface area contributed by atoms with Gasteiger partial charge in [0.05, 0.1) is 30.4 Å². The highest BCUT2D eigenvalue weighted by atomic mass is 16.5. The number of benzene rings is 1. The summed E-state index contributed by atoms with van der Waals surface area (Å²) in [6.07, 6.45) is 5.91. The third-order valence-corrected chi connectivity index (χ3v) is 7.51. The lowest BCUT2D eigenvalue weighted by molar-refractivity contribution is 0.0963. The van der Waals surface area contributed by atoms with Gasteiger partial charge in [0.25, 0.3) is 0 Å². The second kappa shape index (κ2) is 12.4. The number of piperazine rings is 1. The highest BCUT2D eigenvalue weighted by molar-refractivity contribution is 5.95. The number of hydrogen-bond acceptors (Lipinski definition) is 8. The first-order chi connectivity index (χ1) is 19.7. The molecule has 0 amide bonds. The number of Topliss-reactive ketones (excluding diaryl/α,β-unsaturated/α-hetero) is 1. The quantitative estimate of drug-likeness (QED) is 0.197. The average Bonchev–Trinajstić information content (AvgIpc) is 3.66. The molecule has 0 aliphatic carbocycles. The summed E-state index contributed by atoms with van der Waals surface area (Å²) in [5.74, 6) is 1.14. The van der Waals surface area contributed by atoms with Crippen molar-refractivity contribution in [2.24, 2.45) is 0 Å².